The molecule has 2 rings (SSSR count). The van der Waals surface area contributed by atoms with Crippen LogP contribution in [-0.4, -0.2) is 25.0 Å². The standard InChI is InChI=1S/C15H21N3O/c1-18(2)14-9-13(7-8-16-14)11-17-15(19)10-12-5-3-4-6-12/h3,5,7-9,12H,4,6,10-11H2,1-2H3,(H,17,19). The quantitative estimate of drug-likeness (QED) is 0.824. The maximum absolute atomic E-state index is 11.8. The number of amides is 1. The molecule has 1 unspecified atom stereocenters. The van der Waals surface area contributed by atoms with Gasteiger partial charge in [0.2, 0.25) is 5.91 Å². The molecule has 0 saturated heterocycles. The Morgan fingerprint density at radius 1 is 1.53 bits per heavy atom. The van der Waals surface area contributed by atoms with Gasteiger partial charge in [0.25, 0.3) is 0 Å². The van der Waals surface area contributed by atoms with Crippen LogP contribution in [0.15, 0.2) is 30.5 Å². The predicted octanol–water partition coefficient (Wildman–Crippen LogP) is 2.12. The van der Waals surface area contributed by atoms with E-state index in [2.05, 4.69) is 22.5 Å². The van der Waals surface area contributed by atoms with Crippen molar-refractivity contribution in [1.29, 1.82) is 0 Å². The topological polar surface area (TPSA) is 45.2 Å². The fourth-order valence-electron chi connectivity index (χ4n) is 2.19. The molecule has 1 atom stereocenters. The first-order valence-electron chi connectivity index (χ1n) is 6.71. The largest absolute Gasteiger partial charge is 0.363 e. The van der Waals surface area contributed by atoms with Crippen molar-refractivity contribution in [3.8, 4) is 0 Å². The van der Waals surface area contributed by atoms with Gasteiger partial charge in [0, 0.05) is 33.3 Å². The van der Waals surface area contributed by atoms with Crippen LogP contribution in [0.1, 0.15) is 24.8 Å². The smallest absolute Gasteiger partial charge is 0.220 e. The number of carbonyl (C=O) groups is 1. The van der Waals surface area contributed by atoms with Gasteiger partial charge in [-0.2, -0.15) is 0 Å². The molecule has 19 heavy (non-hydrogen) atoms. The summed E-state index contributed by atoms with van der Waals surface area (Å²) in [4.78, 5) is 18.0. The van der Waals surface area contributed by atoms with Crippen LogP contribution in [0.3, 0.4) is 0 Å². The number of rotatable bonds is 5. The fourth-order valence-corrected chi connectivity index (χ4v) is 2.19. The van der Waals surface area contributed by atoms with Gasteiger partial charge in [-0.1, -0.05) is 12.2 Å². The highest BCUT2D eigenvalue weighted by atomic mass is 16.1. The van der Waals surface area contributed by atoms with Crippen molar-refractivity contribution in [3.05, 3.63) is 36.0 Å². The summed E-state index contributed by atoms with van der Waals surface area (Å²) in [7, 11) is 3.91. The zero-order chi connectivity index (χ0) is 13.7. The molecule has 0 saturated carbocycles. The molecule has 4 heteroatoms. The van der Waals surface area contributed by atoms with Gasteiger partial charge in [0.15, 0.2) is 0 Å². The third kappa shape index (κ3) is 4.09. The molecular formula is C15H21N3O. The predicted molar refractivity (Wildman–Crippen MR) is 76.9 cm³/mol. The minimum Gasteiger partial charge on any atom is -0.363 e. The van der Waals surface area contributed by atoms with Gasteiger partial charge < -0.3 is 10.2 Å². The summed E-state index contributed by atoms with van der Waals surface area (Å²) in [6.07, 6.45) is 8.89. The second kappa shape index (κ2) is 6.36. The zero-order valence-electron chi connectivity index (χ0n) is 11.6. The second-order valence-electron chi connectivity index (χ2n) is 5.16. The number of hydrogen-bond acceptors (Lipinski definition) is 3. The van der Waals surface area contributed by atoms with E-state index >= 15 is 0 Å². The Hall–Kier alpha value is -1.84. The highest BCUT2D eigenvalue weighted by Gasteiger charge is 2.13. The van der Waals surface area contributed by atoms with Crippen LogP contribution in [0.2, 0.25) is 0 Å². The van der Waals surface area contributed by atoms with E-state index in [1.807, 2.05) is 31.1 Å². The van der Waals surface area contributed by atoms with Crippen molar-refractivity contribution in [2.24, 2.45) is 5.92 Å². The van der Waals surface area contributed by atoms with E-state index in [1.165, 1.54) is 0 Å². The van der Waals surface area contributed by atoms with Crippen LogP contribution in [-0.2, 0) is 11.3 Å². The summed E-state index contributed by atoms with van der Waals surface area (Å²) in [6, 6.07) is 3.93. The summed E-state index contributed by atoms with van der Waals surface area (Å²) in [6.45, 7) is 0.568. The third-order valence-corrected chi connectivity index (χ3v) is 3.32. The maximum Gasteiger partial charge on any atom is 0.220 e. The molecule has 0 fully saturated rings. The van der Waals surface area contributed by atoms with Gasteiger partial charge in [-0.3, -0.25) is 4.79 Å². The molecular weight excluding hydrogens is 238 g/mol. The summed E-state index contributed by atoms with van der Waals surface area (Å²) >= 11 is 0. The fraction of sp³-hybridized carbons (Fsp3) is 0.467. The summed E-state index contributed by atoms with van der Waals surface area (Å²) in [5.41, 5.74) is 1.08. The van der Waals surface area contributed by atoms with Crippen molar-refractivity contribution < 1.29 is 4.79 Å². The lowest BCUT2D eigenvalue weighted by atomic mass is 10.1. The van der Waals surface area contributed by atoms with Gasteiger partial charge >= 0.3 is 0 Å². The van der Waals surface area contributed by atoms with E-state index in [9.17, 15) is 4.79 Å². The summed E-state index contributed by atoms with van der Waals surface area (Å²) in [5, 5.41) is 2.97. The van der Waals surface area contributed by atoms with Crippen molar-refractivity contribution in [1.82, 2.24) is 10.3 Å². The Morgan fingerprint density at radius 2 is 2.37 bits per heavy atom. The Kier molecular flexibility index (Phi) is 4.55. The molecule has 1 amide bonds. The highest BCUT2D eigenvalue weighted by molar-refractivity contribution is 5.76. The maximum atomic E-state index is 11.8. The molecule has 1 aliphatic rings. The molecule has 0 radical (unpaired) electrons. The van der Waals surface area contributed by atoms with Gasteiger partial charge in [-0.25, -0.2) is 4.98 Å². The van der Waals surface area contributed by atoms with Crippen LogP contribution >= 0.6 is 0 Å². The Balaban J connectivity index is 1.82. The minimum atomic E-state index is 0.125. The Morgan fingerprint density at radius 3 is 3.05 bits per heavy atom. The highest BCUT2D eigenvalue weighted by Crippen LogP contribution is 2.20. The molecule has 1 N–H and O–H groups in total. The van der Waals surface area contributed by atoms with E-state index in [0.29, 0.717) is 18.9 Å². The lowest BCUT2D eigenvalue weighted by Gasteiger charge is -2.13. The van der Waals surface area contributed by atoms with Gasteiger partial charge in [0.05, 0.1) is 0 Å². The first kappa shape index (κ1) is 13.6. The monoisotopic (exact) mass is 259 g/mol. The van der Waals surface area contributed by atoms with Crippen LogP contribution in [0, 0.1) is 5.92 Å². The molecule has 1 heterocycles. The molecule has 1 aromatic heterocycles. The lowest BCUT2D eigenvalue weighted by molar-refractivity contribution is -0.121. The van der Waals surface area contributed by atoms with Gasteiger partial charge in [-0.05, 0) is 36.5 Å². The van der Waals surface area contributed by atoms with Crippen molar-refractivity contribution in [2.75, 3.05) is 19.0 Å². The van der Waals surface area contributed by atoms with Crippen LogP contribution in [0.4, 0.5) is 5.82 Å². The molecule has 0 spiro atoms. The van der Waals surface area contributed by atoms with E-state index < -0.39 is 0 Å². The average Bonchev–Trinajstić information content (AvgIpc) is 2.89. The number of nitrogens with zero attached hydrogens (tertiary/aromatic N) is 2. The normalized spacial score (nSPS) is 17.5. The van der Waals surface area contributed by atoms with Crippen molar-refractivity contribution in [3.63, 3.8) is 0 Å². The number of carbonyl (C=O) groups excluding carboxylic acids is 1. The number of aromatic nitrogens is 1. The van der Waals surface area contributed by atoms with E-state index in [1.54, 1.807) is 6.20 Å². The molecule has 0 aliphatic heterocycles. The lowest BCUT2D eigenvalue weighted by Crippen LogP contribution is -2.24. The molecule has 102 valence electrons. The van der Waals surface area contributed by atoms with Gasteiger partial charge in [-0.15, -0.1) is 0 Å². The van der Waals surface area contributed by atoms with Crippen LogP contribution in [0.25, 0.3) is 0 Å². The average molecular weight is 259 g/mol. The third-order valence-electron chi connectivity index (χ3n) is 3.32. The number of allylic oxidation sites excluding steroid dienone is 2. The van der Waals surface area contributed by atoms with Crippen LogP contribution in [0.5, 0.6) is 0 Å². The SMILES string of the molecule is CN(C)c1cc(CNC(=O)CC2C=CCC2)ccn1. The minimum absolute atomic E-state index is 0.125. The van der Waals surface area contributed by atoms with Crippen molar-refractivity contribution in [2.45, 2.75) is 25.8 Å². The number of nitrogens with one attached hydrogen (secondary N) is 1. The van der Waals surface area contributed by atoms with Gasteiger partial charge in [0.1, 0.15) is 5.82 Å². The molecule has 0 aromatic carbocycles. The number of hydrogen-bond donors (Lipinski definition) is 1. The Labute approximate surface area is 114 Å². The number of pyridine rings is 1. The van der Waals surface area contributed by atoms with E-state index in [-0.39, 0.29) is 5.91 Å². The Bertz CT molecular complexity index is 468. The zero-order valence-corrected chi connectivity index (χ0v) is 11.6. The van der Waals surface area contributed by atoms with Crippen LogP contribution < -0.4 is 10.2 Å². The molecule has 4 nitrogen and oxygen atoms in total. The summed E-state index contributed by atoms with van der Waals surface area (Å²) < 4.78 is 0. The van der Waals surface area contributed by atoms with Crippen molar-refractivity contribution >= 4 is 11.7 Å². The number of anilines is 1. The summed E-state index contributed by atoms with van der Waals surface area (Å²) in [5.74, 6) is 1.46. The second-order valence-corrected chi connectivity index (χ2v) is 5.16. The first-order valence-corrected chi connectivity index (χ1v) is 6.71. The molecule has 0 bridgehead atoms. The first-order chi connectivity index (χ1) is 9.15. The molecule has 1 aliphatic carbocycles. The van der Waals surface area contributed by atoms with E-state index in [4.69, 9.17) is 0 Å². The molecule has 1 aromatic rings. The van der Waals surface area contributed by atoms with E-state index in [0.717, 1.165) is 24.2 Å².